The van der Waals surface area contributed by atoms with Crippen LogP contribution in [0.2, 0.25) is 0 Å². The summed E-state index contributed by atoms with van der Waals surface area (Å²) >= 11 is 0. The van der Waals surface area contributed by atoms with E-state index in [0.29, 0.717) is 10.8 Å². The van der Waals surface area contributed by atoms with Crippen molar-refractivity contribution in [3.63, 3.8) is 0 Å². The fourth-order valence-corrected chi connectivity index (χ4v) is 3.02. The normalized spacial score (nSPS) is 11.2. The number of rotatable bonds is 5. The van der Waals surface area contributed by atoms with Crippen LogP contribution in [0.1, 0.15) is 27.6 Å². The summed E-state index contributed by atoms with van der Waals surface area (Å²) in [5, 5.41) is 24.4. The number of azo groups is 1. The van der Waals surface area contributed by atoms with Crippen LogP contribution in [0.3, 0.4) is 0 Å². The molecule has 154 valence electrons. The zero-order valence-electron chi connectivity index (χ0n) is 16.6. The second kappa shape index (κ2) is 8.11. The van der Waals surface area contributed by atoms with Gasteiger partial charge in [-0.05, 0) is 24.4 Å². The van der Waals surface area contributed by atoms with Crippen molar-refractivity contribution >= 4 is 34.0 Å². The lowest BCUT2D eigenvalue weighted by atomic mass is 10.0. The van der Waals surface area contributed by atoms with Gasteiger partial charge >= 0.3 is 5.97 Å². The number of ether oxygens (including phenoxy) is 1. The number of phenolic OH excluding ortho intramolecular Hbond substituents is 1. The first-order valence-electron chi connectivity index (χ1n) is 9.12. The van der Waals surface area contributed by atoms with Crippen molar-refractivity contribution in [3.05, 3.63) is 66.1 Å². The predicted molar refractivity (Wildman–Crippen MR) is 110 cm³/mol. The summed E-state index contributed by atoms with van der Waals surface area (Å²) in [5.41, 5.74) is 0.229. The first-order valence-corrected chi connectivity index (χ1v) is 9.12. The Kier molecular flexibility index (Phi) is 5.19. The Morgan fingerprint density at radius 1 is 1.06 bits per heavy atom. The highest BCUT2D eigenvalue weighted by atomic mass is 16.5. The summed E-state index contributed by atoms with van der Waals surface area (Å²) in [4.78, 5) is 32.4. The second-order valence-electron chi connectivity index (χ2n) is 6.43. The third-order valence-corrected chi connectivity index (χ3v) is 4.51. The van der Waals surface area contributed by atoms with Crippen molar-refractivity contribution in [1.82, 2.24) is 19.7 Å². The topological polar surface area (TPSA) is 132 Å². The van der Waals surface area contributed by atoms with E-state index in [1.54, 1.807) is 36.4 Å². The van der Waals surface area contributed by atoms with Gasteiger partial charge in [0, 0.05) is 17.8 Å². The molecule has 0 aliphatic carbocycles. The number of methoxy groups -OCH3 is 1. The Bertz CT molecular complexity index is 1330. The monoisotopic (exact) mass is 416 g/mol. The molecule has 0 atom stereocenters. The average Bonchev–Trinajstić information content (AvgIpc) is 3.22. The van der Waals surface area contributed by atoms with Gasteiger partial charge in [0.25, 0.3) is 5.95 Å². The highest BCUT2D eigenvalue weighted by Crippen LogP contribution is 2.39. The molecule has 2 aromatic carbocycles. The average molecular weight is 416 g/mol. The molecule has 4 aromatic rings. The van der Waals surface area contributed by atoms with Gasteiger partial charge < -0.3 is 9.84 Å². The van der Waals surface area contributed by atoms with Crippen molar-refractivity contribution in [2.75, 3.05) is 7.11 Å². The van der Waals surface area contributed by atoms with Crippen LogP contribution in [0.15, 0.2) is 65.2 Å². The molecule has 0 amide bonds. The lowest BCUT2D eigenvalue weighted by Crippen LogP contribution is -2.03. The molecule has 0 bridgehead atoms. The number of esters is 1. The van der Waals surface area contributed by atoms with Gasteiger partial charge in [-0.2, -0.15) is 9.78 Å². The summed E-state index contributed by atoms with van der Waals surface area (Å²) in [5.74, 6) is -1.13. The maximum absolute atomic E-state index is 12.2. The van der Waals surface area contributed by atoms with Gasteiger partial charge in [-0.3, -0.25) is 4.79 Å². The number of ketones is 1. The van der Waals surface area contributed by atoms with Crippen molar-refractivity contribution < 1.29 is 19.4 Å². The van der Waals surface area contributed by atoms with Crippen LogP contribution in [-0.2, 0) is 4.74 Å². The molecule has 0 saturated carbocycles. The number of hydrogen-bond acceptors (Lipinski definition) is 9. The molecule has 0 aliphatic rings. The fourth-order valence-electron chi connectivity index (χ4n) is 3.02. The second-order valence-corrected chi connectivity index (χ2v) is 6.43. The molecule has 1 N–H and O–H groups in total. The molecule has 10 heteroatoms. The molecule has 31 heavy (non-hydrogen) atoms. The maximum atomic E-state index is 12.2. The zero-order valence-corrected chi connectivity index (χ0v) is 16.6. The molecule has 4 rings (SSSR count). The summed E-state index contributed by atoms with van der Waals surface area (Å²) in [6.07, 6.45) is 4.29. The summed E-state index contributed by atoms with van der Waals surface area (Å²) < 4.78 is 6.02. The van der Waals surface area contributed by atoms with Crippen molar-refractivity contribution in [2.24, 2.45) is 10.2 Å². The van der Waals surface area contributed by atoms with E-state index in [-0.39, 0.29) is 40.1 Å². The molecule has 0 radical (unpaired) electrons. The molecule has 2 aromatic heterocycles. The molecular weight excluding hydrogens is 400 g/mol. The number of carbonyl (C=O) groups excluding carboxylic acids is 2. The minimum atomic E-state index is -0.678. The molecule has 0 unspecified atom stereocenters. The Balaban J connectivity index is 1.92. The maximum Gasteiger partial charge on any atom is 0.343 e. The molecule has 10 nitrogen and oxygen atoms in total. The van der Waals surface area contributed by atoms with Gasteiger partial charge in [-0.1, -0.05) is 24.3 Å². The number of hydrogen-bond donors (Lipinski definition) is 1. The molecular formula is C21H16N6O4. The van der Waals surface area contributed by atoms with E-state index in [0.717, 1.165) is 0 Å². The van der Waals surface area contributed by atoms with E-state index in [1.807, 2.05) is 0 Å². The number of carbonyl (C=O) groups is 2. The van der Waals surface area contributed by atoms with Crippen LogP contribution >= 0.6 is 0 Å². The standard InChI is InChI=1S/C21H16N6O4/c1-12(28)15-10-13-6-3-4-7-14(13)17(18(15)29)25-26-19-16(20(30)31-2)11-24-27(19)21-22-8-5-9-23-21/h3-11,29H,1-2H3. The van der Waals surface area contributed by atoms with E-state index >= 15 is 0 Å². The molecule has 0 aliphatic heterocycles. The number of fused-ring (bicyclic) bond motifs is 1. The van der Waals surface area contributed by atoms with Crippen LogP contribution in [0.25, 0.3) is 16.7 Å². The summed E-state index contributed by atoms with van der Waals surface area (Å²) in [7, 11) is 1.23. The molecule has 0 fully saturated rings. The van der Waals surface area contributed by atoms with Crippen LogP contribution < -0.4 is 0 Å². The predicted octanol–water partition coefficient (Wildman–Crippen LogP) is 3.93. The van der Waals surface area contributed by atoms with Crippen LogP contribution in [0.5, 0.6) is 5.75 Å². The number of aromatic hydroxyl groups is 1. The van der Waals surface area contributed by atoms with Crippen LogP contribution in [0.4, 0.5) is 11.5 Å². The van der Waals surface area contributed by atoms with Crippen molar-refractivity contribution in [3.8, 4) is 11.7 Å². The number of nitrogens with zero attached hydrogens (tertiary/aromatic N) is 6. The minimum Gasteiger partial charge on any atom is -0.505 e. The Morgan fingerprint density at radius 3 is 2.52 bits per heavy atom. The number of aromatic nitrogens is 4. The lowest BCUT2D eigenvalue weighted by molar-refractivity contribution is 0.0601. The largest absolute Gasteiger partial charge is 0.505 e. The van der Waals surface area contributed by atoms with Crippen molar-refractivity contribution in [1.29, 1.82) is 0 Å². The van der Waals surface area contributed by atoms with Gasteiger partial charge in [0.05, 0.1) is 18.9 Å². The van der Waals surface area contributed by atoms with E-state index in [9.17, 15) is 14.7 Å². The molecule has 0 spiro atoms. The van der Waals surface area contributed by atoms with E-state index < -0.39 is 5.97 Å². The number of benzene rings is 2. The fraction of sp³-hybridized carbons (Fsp3) is 0.0952. The Morgan fingerprint density at radius 2 is 1.81 bits per heavy atom. The third-order valence-electron chi connectivity index (χ3n) is 4.51. The van der Waals surface area contributed by atoms with Crippen molar-refractivity contribution in [2.45, 2.75) is 6.92 Å². The minimum absolute atomic E-state index is 0.00904. The Labute approximate surface area is 175 Å². The van der Waals surface area contributed by atoms with Gasteiger partial charge in [0.1, 0.15) is 11.3 Å². The first kappa shape index (κ1) is 19.8. The smallest absolute Gasteiger partial charge is 0.343 e. The molecule has 2 heterocycles. The quantitative estimate of drug-likeness (QED) is 0.296. The van der Waals surface area contributed by atoms with E-state index in [2.05, 4.69) is 25.3 Å². The number of phenols is 1. The van der Waals surface area contributed by atoms with Gasteiger partial charge in [0.15, 0.2) is 17.4 Å². The molecule has 0 saturated heterocycles. The Hall–Kier alpha value is -4.47. The SMILES string of the molecule is COC(=O)c1cnn(-c2ncccn2)c1N=Nc1c(O)c(C(C)=O)cc2ccccc12. The van der Waals surface area contributed by atoms with E-state index in [1.165, 1.54) is 37.3 Å². The van der Waals surface area contributed by atoms with Gasteiger partial charge in [0.2, 0.25) is 0 Å². The summed E-state index contributed by atoms with van der Waals surface area (Å²) in [6, 6.07) is 10.3. The highest BCUT2D eigenvalue weighted by molar-refractivity contribution is 6.06. The number of Topliss-reactive ketones (excluding diaryl/α,β-unsaturated/α-hetero) is 1. The van der Waals surface area contributed by atoms with E-state index in [4.69, 9.17) is 4.74 Å². The first-order chi connectivity index (χ1) is 15.0. The lowest BCUT2D eigenvalue weighted by Gasteiger charge is -2.08. The summed E-state index contributed by atoms with van der Waals surface area (Å²) in [6.45, 7) is 1.35. The van der Waals surface area contributed by atoms with Gasteiger partial charge in [-0.25, -0.2) is 14.8 Å². The van der Waals surface area contributed by atoms with Gasteiger partial charge in [-0.15, -0.1) is 10.2 Å². The zero-order chi connectivity index (χ0) is 22.0. The third kappa shape index (κ3) is 3.62. The highest BCUT2D eigenvalue weighted by Gasteiger charge is 2.21. The van der Waals surface area contributed by atoms with Crippen LogP contribution in [0, 0.1) is 0 Å². The van der Waals surface area contributed by atoms with Crippen LogP contribution in [-0.4, -0.2) is 43.7 Å².